The van der Waals surface area contributed by atoms with Crippen LogP contribution in [0.25, 0.3) is 0 Å². The second-order valence-electron chi connectivity index (χ2n) is 9.11. The van der Waals surface area contributed by atoms with Crippen molar-refractivity contribution in [2.24, 2.45) is 29.6 Å². The van der Waals surface area contributed by atoms with E-state index in [4.69, 9.17) is 16.3 Å². The summed E-state index contributed by atoms with van der Waals surface area (Å²) in [5, 5.41) is 3.18. The smallest absolute Gasteiger partial charge is 0.244 e. The van der Waals surface area contributed by atoms with Crippen LogP contribution in [0, 0.1) is 29.6 Å². The summed E-state index contributed by atoms with van der Waals surface area (Å²) in [5.74, 6) is 2.67. The summed E-state index contributed by atoms with van der Waals surface area (Å²) < 4.78 is 32.7. The molecule has 8 heteroatoms. The van der Waals surface area contributed by atoms with E-state index in [1.807, 2.05) is 0 Å². The summed E-state index contributed by atoms with van der Waals surface area (Å²) in [6, 6.07) is 4.75. The molecule has 5 aliphatic rings. The lowest BCUT2D eigenvalue weighted by Gasteiger charge is -2.53. The number of anilines is 1. The van der Waals surface area contributed by atoms with Gasteiger partial charge in [0, 0.05) is 24.7 Å². The minimum Gasteiger partial charge on any atom is -0.379 e. The third-order valence-corrected chi connectivity index (χ3v) is 9.70. The van der Waals surface area contributed by atoms with E-state index in [1.54, 1.807) is 12.1 Å². The molecule has 1 aromatic carbocycles. The fourth-order valence-corrected chi connectivity index (χ4v) is 8.19. The number of nitrogens with zero attached hydrogens (tertiary/aromatic N) is 1. The van der Waals surface area contributed by atoms with Gasteiger partial charge in [0.15, 0.2) is 0 Å². The predicted molar refractivity (Wildman–Crippen MR) is 110 cm³/mol. The molecule has 1 saturated heterocycles. The van der Waals surface area contributed by atoms with E-state index >= 15 is 0 Å². The van der Waals surface area contributed by atoms with Gasteiger partial charge in [-0.25, -0.2) is 8.42 Å². The summed E-state index contributed by atoms with van der Waals surface area (Å²) in [5.41, 5.74) is 0.500. The van der Waals surface area contributed by atoms with E-state index < -0.39 is 10.0 Å². The molecule has 1 aromatic rings. The average Bonchev–Trinajstić information content (AvgIpc) is 2.69. The first-order valence-corrected chi connectivity index (χ1v) is 12.4. The number of rotatable bonds is 4. The Morgan fingerprint density at radius 1 is 1.03 bits per heavy atom. The van der Waals surface area contributed by atoms with E-state index in [0.29, 0.717) is 43.8 Å². The minimum absolute atomic E-state index is 0.0378. The van der Waals surface area contributed by atoms with Crippen molar-refractivity contribution in [3.8, 4) is 0 Å². The first kappa shape index (κ1) is 19.8. The molecule has 1 heterocycles. The summed E-state index contributed by atoms with van der Waals surface area (Å²) >= 11 is 6.23. The molecule has 4 aliphatic carbocycles. The molecule has 6 nitrogen and oxygen atoms in total. The summed E-state index contributed by atoms with van der Waals surface area (Å²) in [6.45, 7) is 1.37. The highest BCUT2D eigenvalue weighted by atomic mass is 35.5. The Balaban J connectivity index is 1.36. The standard InChI is InChI=1S/C21H27ClN2O4S/c22-18-2-1-17(12-19(18)29(26,27)24-3-5-28-6-4-24)23-21(25)20-15-8-13-7-14(10-15)11-16(20)9-13/h1-2,12-16,20H,3-11H2,(H,23,25). The van der Waals surface area contributed by atoms with Crippen LogP contribution in [0.15, 0.2) is 23.1 Å². The van der Waals surface area contributed by atoms with Crippen molar-refractivity contribution in [3.05, 3.63) is 23.2 Å². The maximum atomic E-state index is 13.1. The first-order valence-electron chi connectivity index (χ1n) is 10.6. The quantitative estimate of drug-likeness (QED) is 0.781. The Morgan fingerprint density at radius 3 is 2.28 bits per heavy atom. The zero-order chi connectivity index (χ0) is 20.2. The lowest BCUT2D eigenvalue weighted by atomic mass is 9.51. The molecular formula is C21H27ClN2O4S. The molecule has 1 aliphatic heterocycles. The van der Waals surface area contributed by atoms with Gasteiger partial charge in [-0.2, -0.15) is 4.31 Å². The lowest BCUT2D eigenvalue weighted by molar-refractivity contribution is -0.132. The van der Waals surface area contributed by atoms with E-state index in [0.717, 1.165) is 11.8 Å². The number of hydrogen-bond donors (Lipinski definition) is 1. The van der Waals surface area contributed by atoms with Gasteiger partial charge in [-0.15, -0.1) is 0 Å². The zero-order valence-corrected chi connectivity index (χ0v) is 17.9. The molecule has 5 fully saturated rings. The zero-order valence-electron chi connectivity index (χ0n) is 16.3. The Hall–Kier alpha value is -1.15. The molecule has 4 bridgehead atoms. The van der Waals surface area contributed by atoms with Gasteiger partial charge in [0.25, 0.3) is 0 Å². The predicted octanol–water partition coefficient (Wildman–Crippen LogP) is 3.37. The van der Waals surface area contributed by atoms with Crippen LogP contribution in [0.1, 0.15) is 32.1 Å². The van der Waals surface area contributed by atoms with Crippen LogP contribution in [0.3, 0.4) is 0 Å². The first-order chi connectivity index (χ1) is 13.9. The van der Waals surface area contributed by atoms with Gasteiger partial charge >= 0.3 is 0 Å². The third kappa shape index (κ3) is 3.60. The van der Waals surface area contributed by atoms with Crippen molar-refractivity contribution < 1.29 is 17.9 Å². The average molecular weight is 439 g/mol. The van der Waals surface area contributed by atoms with E-state index in [9.17, 15) is 13.2 Å². The van der Waals surface area contributed by atoms with Crippen LogP contribution in [0.4, 0.5) is 5.69 Å². The molecule has 0 unspecified atom stereocenters. The fraction of sp³-hybridized carbons (Fsp3) is 0.667. The molecule has 1 amide bonds. The van der Waals surface area contributed by atoms with E-state index in [-0.39, 0.29) is 21.7 Å². The van der Waals surface area contributed by atoms with Gasteiger partial charge < -0.3 is 10.1 Å². The van der Waals surface area contributed by atoms with Crippen LogP contribution in [0.5, 0.6) is 0 Å². The Morgan fingerprint density at radius 2 is 1.66 bits per heavy atom. The lowest BCUT2D eigenvalue weighted by Crippen LogP contribution is -2.49. The number of carbonyl (C=O) groups is 1. The molecule has 6 rings (SSSR count). The molecule has 0 atom stereocenters. The Kier molecular flexibility index (Phi) is 5.13. The number of morpholine rings is 1. The minimum atomic E-state index is -3.72. The number of halogens is 1. The molecular weight excluding hydrogens is 412 g/mol. The number of benzene rings is 1. The van der Waals surface area contributed by atoms with Crippen molar-refractivity contribution in [1.29, 1.82) is 0 Å². The highest BCUT2D eigenvalue weighted by molar-refractivity contribution is 7.89. The van der Waals surface area contributed by atoms with Crippen LogP contribution in [-0.4, -0.2) is 44.9 Å². The normalized spacial score (nSPS) is 34.3. The molecule has 0 radical (unpaired) electrons. The largest absolute Gasteiger partial charge is 0.379 e. The summed E-state index contributed by atoms with van der Waals surface area (Å²) in [7, 11) is -3.72. The molecule has 1 N–H and O–H groups in total. The van der Waals surface area contributed by atoms with Crippen molar-refractivity contribution >= 4 is 33.2 Å². The summed E-state index contributed by atoms with van der Waals surface area (Å²) in [4.78, 5) is 13.2. The van der Waals surface area contributed by atoms with Gasteiger partial charge in [0.05, 0.1) is 18.2 Å². The monoisotopic (exact) mass is 438 g/mol. The van der Waals surface area contributed by atoms with E-state index in [1.165, 1.54) is 42.5 Å². The van der Waals surface area contributed by atoms with Gasteiger partial charge in [-0.05, 0) is 74.0 Å². The number of ether oxygens (including phenoxy) is 1. The SMILES string of the molecule is O=C(Nc1ccc(Cl)c(S(=O)(=O)N2CCOCC2)c1)C1C2CC3CC(C2)CC1C3. The van der Waals surface area contributed by atoms with Crippen LogP contribution in [0.2, 0.25) is 5.02 Å². The maximum absolute atomic E-state index is 13.1. The van der Waals surface area contributed by atoms with Gasteiger partial charge in [-0.1, -0.05) is 11.6 Å². The number of sulfonamides is 1. The number of nitrogens with one attached hydrogen (secondary N) is 1. The molecule has 29 heavy (non-hydrogen) atoms. The number of carbonyl (C=O) groups excluding carboxylic acids is 1. The van der Waals surface area contributed by atoms with Crippen LogP contribution >= 0.6 is 11.6 Å². The van der Waals surface area contributed by atoms with Crippen LogP contribution in [-0.2, 0) is 19.6 Å². The highest BCUT2D eigenvalue weighted by Gasteiger charge is 2.50. The number of amides is 1. The van der Waals surface area contributed by atoms with Crippen molar-refractivity contribution in [3.63, 3.8) is 0 Å². The van der Waals surface area contributed by atoms with E-state index in [2.05, 4.69) is 5.32 Å². The van der Waals surface area contributed by atoms with Crippen molar-refractivity contribution in [2.45, 2.75) is 37.0 Å². The van der Waals surface area contributed by atoms with Gasteiger partial charge in [0.1, 0.15) is 4.90 Å². The van der Waals surface area contributed by atoms with Gasteiger partial charge in [-0.3, -0.25) is 4.79 Å². The molecule has 0 aromatic heterocycles. The second-order valence-corrected chi connectivity index (χ2v) is 11.4. The third-order valence-electron chi connectivity index (χ3n) is 7.32. The number of hydrogen-bond acceptors (Lipinski definition) is 4. The van der Waals surface area contributed by atoms with Gasteiger partial charge in [0.2, 0.25) is 15.9 Å². The Labute approximate surface area is 177 Å². The molecule has 4 saturated carbocycles. The second kappa shape index (κ2) is 7.52. The fourth-order valence-electron chi connectivity index (χ4n) is 6.28. The van der Waals surface area contributed by atoms with Crippen molar-refractivity contribution in [1.82, 2.24) is 4.31 Å². The summed E-state index contributed by atoms with van der Waals surface area (Å²) in [6.07, 6.45) is 6.02. The van der Waals surface area contributed by atoms with Crippen LogP contribution < -0.4 is 5.32 Å². The highest BCUT2D eigenvalue weighted by Crippen LogP contribution is 2.56. The molecule has 158 valence electrons. The maximum Gasteiger partial charge on any atom is 0.244 e. The Bertz CT molecular complexity index is 885. The van der Waals surface area contributed by atoms with Crippen molar-refractivity contribution in [2.75, 3.05) is 31.6 Å². The molecule has 0 spiro atoms. The topological polar surface area (TPSA) is 75.7 Å².